The number of ether oxygens (including phenoxy) is 1. The lowest BCUT2D eigenvalue weighted by atomic mass is 10.4. The van der Waals surface area contributed by atoms with Crippen molar-refractivity contribution in [2.45, 2.75) is 27.0 Å². The minimum atomic E-state index is 0.675. The first kappa shape index (κ1) is 6.85. The molecule has 0 fully saturated rings. The Morgan fingerprint density at radius 1 is 1.45 bits per heavy atom. The largest absolute Gasteiger partial charge is 0.372 e. The first-order valence-electron chi connectivity index (χ1n) is 3.89. The molecule has 0 aliphatic carbocycles. The average Bonchev–Trinajstić information content (AvgIpc) is 2.30. The predicted octanol–water partition coefficient (Wildman–Crippen LogP) is 1.03. The molecule has 0 radical (unpaired) electrons. The predicted molar refractivity (Wildman–Crippen MR) is 41.4 cm³/mol. The molecule has 11 heavy (non-hydrogen) atoms. The summed E-state index contributed by atoms with van der Waals surface area (Å²) in [6.45, 7) is 6.61. The number of fused-ring (bicyclic) bond motifs is 1. The van der Waals surface area contributed by atoms with E-state index in [2.05, 4.69) is 16.5 Å². The zero-order valence-electron chi connectivity index (χ0n) is 6.92. The van der Waals surface area contributed by atoms with Gasteiger partial charge in [0.05, 0.1) is 12.3 Å². The molecule has 0 spiro atoms. The number of aryl methyl sites for hydroxylation is 1. The Balaban J connectivity index is 2.50. The molecular weight excluding hydrogens is 140 g/mol. The third kappa shape index (κ3) is 0.959. The average molecular weight is 152 g/mol. The van der Waals surface area contributed by atoms with Crippen molar-refractivity contribution in [3.05, 3.63) is 17.2 Å². The number of hydrogen-bond donors (Lipinski definition) is 0. The maximum Gasteiger partial charge on any atom is 0.135 e. The molecule has 3 nitrogen and oxygen atoms in total. The highest BCUT2D eigenvalue weighted by Crippen LogP contribution is 2.14. The maximum atomic E-state index is 5.28. The molecule has 0 aromatic carbocycles. The van der Waals surface area contributed by atoms with Gasteiger partial charge < -0.3 is 9.30 Å². The van der Waals surface area contributed by atoms with Crippen molar-refractivity contribution in [1.82, 2.24) is 9.55 Å². The minimum absolute atomic E-state index is 0.675. The van der Waals surface area contributed by atoms with Crippen molar-refractivity contribution < 1.29 is 4.74 Å². The van der Waals surface area contributed by atoms with Gasteiger partial charge >= 0.3 is 0 Å². The Morgan fingerprint density at radius 2 is 2.27 bits per heavy atom. The van der Waals surface area contributed by atoms with Crippen molar-refractivity contribution in [3.8, 4) is 0 Å². The van der Waals surface area contributed by atoms with Crippen LogP contribution in [0.4, 0.5) is 0 Å². The van der Waals surface area contributed by atoms with Crippen LogP contribution in [0.1, 0.15) is 17.2 Å². The lowest BCUT2D eigenvalue weighted by molar-refractivity contribution is 0.0809. The van der Waals surface area contributed by atoms with Crippen LogP contribution in [0.15, 0.2) is 0 Å². The van der Waals surface area contributed by atoms with E-state index in [-0.39, 0.29) is 0 Å². The summed E-state index contributed by atoms with van der Waals surface area (Å²) in [4.78, 5) is 4.39. The second kappa shape index (κ2) is 2.34. The van der Waals surface area contributed by atoms with Crippen LogP contribution in [-0.4, -0.2) is 16.2 Å². The number of imidazole rings is 1. The molecule has 0 saturated heterocycles. The van der Waals surface area contributed by atoms with Crippen LogP contribution >= 0.6 is 0 Å². The summed E-state index contributed by atoms with van der Waals surface area (Å²) in [6.07, 6.45) is 0. The molecule has 1 aromatic heterocycles. The molecule has 0 N–H and O–H groups in total. The molecule has 0 saturated carbocycles. The molecule has 0 amide bonds. The summed E-state index contributed by atoms with van der Waals surface area (Å²) in [5.41, 5.74) is 2.41. The Morgan fingerprint density at radius 3 is 3.00 bits per heavy atom. The SMILES string of the molecule is Cc1nc2n(c1C)CCOC2. The van der Waals surface area contributed by atoms with Gasteiger partial charge in [0.15, 0.2) is 0 Å². The van der Waals surface area contributed by atoms with Crippen molar-refractivity contribution in [1.29, 1.82) is 0 Å². The molecular formula is C8H12N2O. The van der Waals surface area contributed by atoms with Gasteiger partial charge in [0.25, 0.3) is 0 Å². The highest BCUT2D eigenvalue weighted by molar-refractivity contribution is 5.14. The van der Waals surface area contributed by atoms with E-state index in [0.29, 0.717) is 6.61 Å². The fourth-order valence-electron chi connectivity index (χ4n) is 1.45. The molecule has 1 aromatic rings. The fourth-order valence-corrected chi connectivity index (χ4v) is 1.45. The van der Waals surface area contributed by atoms with Gasteiger partial charge in [0.2, 0.25) is 0 Å². The van der Waals surface area contributed by atoms with Crippen LogP contribution in [0, 0.1) is 13.8 Å². The van der Waals surface area contributed by atoms with Gasteiger partial charge in [0.1, 0.15) is 12.4 Å². The van der Waals surface area contributed by atoms with E-state index < -0.39 is 0 Å². The molecule has 2 heterocycles. The summed E-state index contributed by atoms with van der Waals surface area (Å²) in [6, 6.07) is 0. The van der Waals surface area contributed by atoms with Crippen LogP contribution in [0.25, 0.3) is 0 Å². The van der Waals surface area contributed by atoms with E-state index in [1.165, 1.54) is 5.69 Å². The van der Waals surface area contributed by atoms with E-state index in [1.807, 2.05) is 6.92 Å². The molecule has 60 valence electrons. The number of hydrogen-bond acceptors (Lipinski definition) is 2. The molecule has 0 bridgehead atoms. The van der Waals surface area contributed by atoms with Gasteiger partial charge in [-0.25, -0.2) is 4.98 Å². The lowest BCUT2D eigenvalue weighted by Gasteiger charge is -2.15. The van der Waals surface area contributed by atoms with Crippen LogP contribution in [-0.2, 0) is 17.9 Å². The van der Waals surface area contributed by atoms with Crippen molar-refractivity contribution in [2.24, 2.45) is 0 Å². The molecule has 0 atom stereocenters. The quantitative estimate of drug-likeness (QED) is 0.555. The Bertz CT molecular complexity index is 278. The fraction of sp³-hybridized carbons (Fsp3) is 0.625. The number of rotatable bonds is 0. The van der Waals surface area contributed by atoms with Gasteiger partial charge in [-0.05, 0) is 13.8 Å². The summed E-state index contributed by atoms with van der Waals surface area (Å²) in [5, 5.41) is 0. The van der Waals surface area contributed by atoms with Crippen LogP contribution in [0.5, 0.6) is 0 Å². The van der Waals surface area contributed by atoms with Gasteiger partial charge in [-0.1, -0.05) is 0 Å². The maximum absolute atomic E-state index is 5.28. The van der Waals surface area contributed by atoms with Gasteiger partial charge in [-0.15, -0.1) is 0 Å². The van der Waals surface area contributed by atoms with Crippen LogP contribution < -0.4 is 0 Å². The standard InChI is InChI=1S/C8H12N2O/c1-6-7(2)10-3-4-11-5-8(10)9-6/h3-5H2,1-2H3. The lowest BCUT2D eigenvalue weighted by Crippen LogP contribution is -2.17. The molecule has 2 rings (SSSR count). The monoisotopic (exact) mass is 152 g/mol. The number of nitrogens with zero attached hydrogens (tertiary/aromatic N) is 2. The van der Waals surface area contributed by atoms with Crippen molar-refractivity contribution >= 4 is 0 Å². The summed E-state index contributed by atoms with van der Waals surface area (Å²) >= 11 is 0. The zero-order chi connectivity index (χ0) is 7.84. The van der Waals surface area contributed by atoms with Gasteiger partial charge in [-0.2, -0.15) is 0 Å². The Labute approximate surface area is 66.0 Å². The van der Waals surface area contributed by atoms with E-state index in [9.17, 15) is 0 Å². The first-order valence-corrected chi connectivity index (χ1v) is 3.89. The normalized spacial score (nSPS) is 16.5. The highest BCUT2D eigenvalue weighted by atomic mass is 16.5. The van der Waals surface area contributed by atoms with E-state index >= 15 is 0 Å². The Kier molecular flexibility index (Phi) is 1.46. The summed E-state index contributed by atoms with van der Waals surface area (Å²) in [7, 11) is 0. The second-order valence-electron chi connectivity index (χ2n) is 2.90. The number of aromatic nitrogens is 2. The first-order chi connectivity index (χ1) is 5.29. The van der Waals surface area contributed by atoms with Crippen LogP contribution in [0.2, 0.25) is 0 Å². The summed E-state index contributed by atoms with van der Waals surface area (Å²) in [5.74, 6) is 1.08. The second-order valence-corrected chi connectivity index (χ2v) is 2.90. The molecule has 0 unspecified atom stereocenters. The van der Waals surface area contributed by atoms with E-state index in [1.54, 1.807) is 0 Å². The minimum Gasteiger partial charge on any atom is -0.372 e. The van der Waals surface area contributed by atoms with Gasteiger partial charge in [-0.3, -0.25) is 0 Å². The van der Waals surface area contributed by atoms with Gasteiger partial charge in [0, 0.05) is 12.2 Å². The molecule has 1 aliphatic rings. The smallest absolute Gasteiger partial charge is 0.135 e. The zero-order valence-corrected chi connectivity index (χ0v) is 6.92. The van der Waals surface area contributed by atoms with Crippen LogP contribution in [0.3, 0.4) is 0 Å². The summed E-state index contributed by atoms with van der Waals surface area (Å²) < 4.78 is 7.52. The van der Waals surface area contributed by atoms with Crippen molar-refractivity contribution in [2.75, 3.05) is 6.61 Å². The Hall–Kier alpha value is -0.830. The third-order valence-electron chi connectivity index (χ3n) is 2.23. The third-order valence-corrected chi connectivity index (χ3v) is 2.23. The topological polar surface area (TPSA) is 27.1 Å². The molecule has 1 aliphatic heterocycles. The van der Waals surface area contributed by atoms with E-state index in [0.717, 1.165) is 24.7 Å². The van der Waals surface area contributed by atoms with E-state index in [4.69, 9.17) is 4.74 Å². The van der Waals surface area contributed by atoms with Crippen molar-refractivity contribution in [3.63, 3.8) is 0 Å². The highest BCUT2D eigenvalue weighted by Gasteiger charge is 2.13. The molecule has 3 heteroatoms.